The summed E-state index contributed by atoms with van der Waals surface area (Å²) >= 11 is 0. The maximum atomic E-state index is 13.8. The lowest BCUT2D eigenvalue weighted by atomic mass is 9.95. The first-order valence-corrected chi connectivity index (χ1v) is 7.88. The minimum atomic E-state index is -0.974. The fraction of sp³-hybridized carbons (Fsp3) is 0.0526. The second-order valence-electron chi connectivity index (χ2n) is 6.02. The Bertz CT molecular complexity index is 1190. The van der Waals surface area contributed by atoms with Crippen molar-refractivity contribution in [1.82, 2.24) is 4.57 Å². The number of ether oxygens (including phenoxy) is 1. The Labute approximate surface area is 151 Å². The van der Waals surface area contributed by atoms with E-state index in [0.29, 0.717) is 10.9 Å². The van der Waals surface area contributed by atoms with E-state index in [2.05, 4.69) is 0 Å². The van der Waals surface area contributed by atoms with Gasteiger partial charge in [0, 0.05) is 35.8 Å². The molecule has 0 amide bonds. The molecule has 0 N–H and O–H groups in total. The molecule has 0 aliphatic carbocycles. The average molecular weight is 366 g/mol. The molecule has 4 rings (SSSR count). The second kappa shape index (κ2) is 5.87. The first-order valence-electron chi connectivity index (χ1n) is 7.88. The number of cyclic esters (lactones) is 2. The number of aromatic nitrogens is 1. The molecule has 7 nitrogen and oxygen atoms in total. The Morgan fingerprint density at radius 3 is 2.41 bits per heavy atom. The molecule has 3 aromatic rings. The van der Waals surface area contributed by atoms with E-state index in [1.807, 2.05) is 0 Å². The lowest BCUT2D eigenvalue weighted by molar-refractivity contribution is -0.385. The largest absolute Gasteiger partial charge is 0.386 e. The molecule has 27 heavy (non-hydrogen) atoms. The number of hydrogen-bond acceptors (Lipinski definition) is 5. The van der Waals surface area contributed by atoms with Gasteiger partial charge >= 0.3 is 11.9 Å². The first kappa shape index (κ1) is 16.6. The number of halogens is 1. The van der Waals surface area contributed by atoms with Crippen LogP contribution in [0.1, 0.15) is 11.1 Å². The summed E-state index contributed by atoms with van der Waals surface area (Å²) < 4.78 is 20.2. The van der Waals surface area contributed by atoms with Gasteiger partial charge in [-0.15, -0.1) is 0 Å². The molecule has 1 aromatic heterocycles. The molecular formula is C19H11FN2O5. The number of rotatable bonds is 3. The van der Waals surface area contributed by atoms with Gasteiger partial charge in [0.25, 0.3) is 5.69 Å². The Hall–Kier alpha value is -3.81. The Morgan fingerprint density at radius 2 is 1.70 bits per heavy atom. The molecule has 0 fully saturated rings. The van der Waals surface area contributed by atoms with Crippen LogP contribution in [0.15, 0.2) is 48.7 Å². The Balaban J connectivity index is 2.09. The standard InChI is InChI=1S/C19H11FN2O5/c1-21-9-13(12-8-10(20)6-7-14(12)21)17-16(18(23)27-19(17)24)11-4-2-3-5-15(11)22(25)26/h2-9H,1H3. The smallest absolute Gasteiger partial charge is 0.347 e. The molecule has 1 aliphatic rings. The molecule has 0 unspecified atom stereocenters. The van der Waals surface area contributed by atoms with Crippen LogP contribution in [-0.2, 0) is 21.4 Å². The second-order valence-corrected chi connectivity index (χ2v) is 6.02. The van der Waals surface area contributed by atoms with Gasteiger partial charge < -0.3 is 9.30 Å². The fourth-order valence-corrected chi connectivity index (χ4v) is 3.29. The van der Waals surface area contributed by atoms with Crippen molar-refractivity contribution in [3.05, 3.63) is 75.7 Å². The normalized spacial score (nSPS) is 14.1. The van der Waals surface area contributed by atoms with Gasteiger partial charge in [-0.25, -0.2) is 14.0 Å². The van der Waals surface area contributed by atoms with Crippen molar-refractivity contribution >= 4 is 39.7 Å². The van der Waals surface area contributed by atoms with Crippen molar-refractivity contribution in [3.8, 4) is 0 Å². The van der Waals surface area contributed by atoms with Crippen LogP contribution in [0.25, 0.3) is 22.0 Å². The summed E-state index contributed by atoms with van der Waals surface area (Å²) in [6.45, 7) is 0. The number of para-hydroxylation sites is 1. The summed E-state index contributed by atoms with van der Waals surface area (Å²) in [7, 11) is 1.71. The van der Waals surface area contributed by atoms with E-state index in [1.54, 1.807) is 23.9 Å². The van der Waals surface area contributed by atoms with E-state index in [4.69, 9.17) is 4.74 Å². The van der Waals surface area contributed by atoms with E-state index in [1.165, 1.54) is 36.4 Å². The number of carbonyl (C=O) groups is 2. The first-order chi connectivity index (χ1) is 12.9. The molecule has 2 aromatic carbocycles. The summed E-state index contributed by atoms with van der Waals surface area (Å²) in [5.74, 6) is -2.41. The van der Waals surface area contributed by atoms with Gasteiger partial charge in [-0.3, -0.25) is 10.1 Å². The quantitative estimate of drug-likeness (QED) is 0.307. The lowest BCUT2D eigenvalue weighted by Gasteiger charge is -2.03. The van der Waals surface area contributed by atoms with Crippen LogP contribution in [0.2, 0.25) is 0 Å². The van der Waals surface area contributed by atoms with E-state index >= 15 is 0 Å². The van der Waals surface area contributed by atoms with Crippen molar-refractivity contribution < 1.29 is 23.6 Å². The topological polar surface area (TPSA) is 91.4 Å². The van der Waals surface area contributed by atoms with E-state index in [9.17, 15) is 24.1 Å². The fourth-order valence-electron chi connectivity index (χ4n) is 3.29. The minimum Gasteiger partial charge on any atom is -0.386 e. The number of aryl methyl sites for hydroxylation is 1. The van der Waals surface area contributed by atoms with Crippen molar-refractivity contribution in [2.45, 2.75) is 0 Å². The van der Waals surface area contributed by atoms with Gasteiger partial charge in [0.15, 0.2) is 0 Å². The third-order valence-electron chi connectivity index (χ3n) is 4.43. The van der Waals surface area contributed by atoms with Gasteiger partial charge in [-0.1, -0.05) is 12.1 Å². The van der Waals surface area contributed by atoms with Crippen molar-refractivity contribution in [2.75, 3.05) is 0 Å². The maximum Gasteiger partial charge on any atom is 0.347 e. The van der Waals surface area contributed by atoms with Crippen LogP contribution in [0, 0.1) is 15.9 Å². The lowest BCUT2D eigenvalue weighted by Crippen LogP contribution is -2.03. The van der Waals surface area contributed by atoms with Gasteiger partial charge in [0.2, 0.25) is 0 Å². The summed E-state index contributed by atoms with van der Waals surface area (Å²) in [5, 5.41) is 11.8. The van der Waals surface area contributed by atoms with E-state index < -0.39 is 22.7 Å². The highest BCUT2D eigenvalue weighted by atomic mass is 19.1. The Morgan fingerprint density at radius 1 is 1.04 bits per heavy atom. The number of nitro benzene ring substituents is 1. The van der Waals surface area contributed by atoms with Crippen LogP contribution in [0.4, 0.5) is 10.1 Å². The van der Waals surface area contributed by atoms with E-state index in [-0.39, 0.29) is 28.0 Å². The van der Waals surface area contributed by atoms with Crippen molar-refractivity contribution in [2.24, 2.45) is 7.05 Å². The molecule has 0 radical (unpaired) electrons. The van der Waals surface area contributed by atoms with Crippen molar-refractivity contribution in [3.63, 3.8) is 0 Å². The zero-order valence-electron chi connectivity index (χ0n) is 13.9. The number of hydrogen-bond donors (Lipinski definition) is 0. The molecule has 8 heteroatoms. The number of benzene rings is 2. The SMILES string of the molecule is Cn1cc(C2=C(c3ccccc3[N+](=O)[O-])C(=O)OC2=O)c2cc(F)ccc21. The summed E-state index contributed by atoms with van der Waals surface area (Å²) in [6, 6.07) is 9.65. The predicted octanol–water partition coefficient (Wildman–Crippen LogP) is 3.22. The van der Waals surface area contributed by atoms with Crippen LogP contribution in [-0.4, -0.2) is 21.4 Å². The highest BCUT2D eigenvalue weighted by Gasteiger charge is 2.39. The molecule has 0 saturated heterocycles. The monoisotopic (exact) mass is 366 g/mol. The van der Waals surface area contributed by atoms with Crippen LogP contribution in [0.5, 0.6) is 0 Å². The molecular weight excluding hydrogens is 355 g/mol. The molecule has 0 spiro atoms. The van der Waals surface area contributed by atoms with Gasteiger partial charge in [-0.2, -0.15) is 0 Å². The zero-order chi connectivity index (χ0) is 19.3. The molecule has 134 valence electrons. The third-order valence-corrected chi connectivity index (χ3v) is 4.43. The number of esters is 2. The molecule has 0 bridgehead atoms. The number of fused-ring (bicyclic) bond motifs is 1. The zero-order valence-corrected chi connectivity index (χ0v) is 13.9. The van der Waals surface area contributed by atoms with E-state index in [0.717, 1.165) is 0 Å². The summed E-state index contributed by atoms with van der Waals surface area (Å²) in [5.41, 5.74) is 0.225. The summed E-state index contributed by atoms with van der Waals surface area (Å²) in [4.78, 5) is 35.5. The van der Waals surface area contributed by atoms with Gasteiger partial charge in [0.1, 0.15) is 5.82 Å². The molecule has 1 aliphatic heterocycles. The number of carbonyl (C=O) groups excluding carboxylic acids is 2. The van der Waals surface area contributed by atoms with Gasteiger partial charge in [0.05, 0.1) is 21.6 Å². The highest BCUT2D eigenvalue weighted by Crippen LogP contribution is 2.40. The summed E-state index contributed by atoms with van der Waals surface area (Å²) in [6.07, 6.45) is 1.56. The molecule has 0 saturated carbocycles. The van der Waals surface area contributed by atoms with Crippen LogP contribution < -0.4 is 0 Å². The maximum absolute atomic E-state index is 13.8. The Kier molecular flexibility index (Phi) is 3.62. The number of nitro groups is 1. The van der Waals surface area contributed by atoms with Crippen LogP contribution >= 0.6 is 0 Å². The third kappa shape index (κ3) is 2.50. The highest BCUT2D eigenvalue weighted by molar-refractivity contribution is 6.46. The van der Waals surface area contributed by atoms with Gasteiger partial charge in [-0.05, 0) is 24.3 Å². The van der Waals surface area contributed by atoms with Crippen LogP contribution in [0.3, 0.4) is 0 Å². The number of nitrogens with zero attached hydrogens (tertiary/aromatic N) is 2. The predicted molar refractivity (Wildman–Crippen MR) is 93.9 cm³/mol. The molecule has 0 atom stereocenters. The molecule has 2 heterocycles. The van der Waals surface area contributed by atoms with Crippen molar-refractivity contribution in [1.29, 1.82) is 0 Å². The average Bonchev–Trinajstić information content (AvgIpc) is 3.10. The minimum absolute atomic E-state index is 0.0262.